The third-order valence-electron chi connectivity index (χ3n) is 2.34. The highest BCUT2D eigenvalue weighted by atomic mass is 35.6. The lowest BCUT2D eigenvalue weighted by molar-refractivity contribution is 0.135. The zero-order chi connectivity index (χ0) is 11.5. The van der Waals surface area contributed by atoms with Gasteiger partial charge in [-0.05, 0) is 13.3 Å². The number of hydrazone groups is 1. The number of halogens is 3. The minimum absolute atomic E-state index is 0.279. The van der Waals surface area contributed by atoms with Gasteiger partial charge in [0.25, 0.3) is 0 Å². The largest absolute Gasteiger partial charge is 0.336 e. The fourth-order valence-corrected chi connectivity index (χ4v) is 2.26. The van der Waals surface area contributed by atoms with Gasteiger partial charge in [0.05, 0.1) is 0 Å². The van der Waals surface area contributed by atoms with Crippen LogP contribution in [-0.4, -0.2) is 39.3 Å². The van der Waals surface area contributed by atoms with E-state index in [-0.39, 0.29) is 6.17 Å². The third kappa shape index (κ3) is 3.30. The molecule has 1 aliphatic rings. The molecule has 6 heteroatoms. The van der Waals surface area contributed by atoms with Crippen LogP contribution in [0.4, 0.5) is 0 Å². The summed E-state index contributed by atoms with van der Waals surface area (Å²) in [4.78, 5) is 1.93. The molecule has 0 aliphatic carbocycles. The highest BCUT2D eigenvalue weighted by molar-refractivity contribution is 6.68. The summed E-state index contributed by atoms with van der Waals surface area (Å²) in [6.45, 7) is 5.74. The summed E-state index contributed by atoms with van der Waals surface area (Å²) in [5, 5.41) is 6.10. The van der Waals surface area contributed by atoms with Crippen molar-refractivity contribution in [2.75, 3.05) is 13.1 Å². The molecule has 0 aromatic carbocycles. The monoisotopic (exact) mass is 271 g/mol. The van der Waals surface area contributed by atoms with Crippen LogP contribution in [0.3, 0.4) is 0 Å². The molecule has 1 heterocycles. The summed E-state index contributed by atoms with van der Waals surface area (Å²) in [6.07, 6.45) is 3.61. The molecule has 0 aromatic rings. The Morgan fingerprint density at radius 1 is 1.33 bits per heavy atom. The predicted octanol–water partition coefficient (Wildman–Crippen LogP) is 3.06. The molecule has 0 fully saturated rings. The molecule has 1 aliphatic heterocycles. The van der Waals surface area contributed by atoms with Gasteiger partial charge < -0.3 is 4.90 Å². The van der Waals surface area contributed by atoms with Crippen molar-refractivity contribution in [2.45, 2.75) is 36.6 Å². The van der Waals surface area contributed by atoms with Crippen LogP contribution in [0.1, 0.15) is 26.7 Å². The minimum Gasteiger partial charge on any atom is -0.336 e. The predicted molar refractivity (Wildman–Crippen MR) is 66.6 cm³/mol. The maximum atomic E-state index is 5.95. The Balaban J connectivity index is 2.67. The van der Waals surface area contributed by atoms with Gasteiger partial charge in [0.1, 0.15) is 6.34 Å². The quantitative estimate of drug-likeness (QED) is 0.733. The summed E-state index contributed by atoms with van der Waals surface area (Å²) in [6, 6.07) is 0. The van der Waals surface area contributed by atoms with E-state index in [4.69, 9.17) is 34.8 Å². The van der Waals surface area contributed by atoms with Crippen LogP contribution in [0.25, 0.3) is 0 Å². The van der Waals surface area contributed by atoms with E-state index in [1.165, 1.54) is 0 Å². The van der Waals surface area contributed by atoms with E-state index in [1.807, 2.05) is 16.8 Å². The van der Waals surface area contributed by atoms with Crippen LogP contribution in [0.5, 0.6) is 0 Å². The summed E-state index contributed by atoms with van der Waals surface area (Å²) in [5.74, 6) is 0. The van der Waals surface area contributed by atoms with Gasteiger partial charge in [-0.1, -0.05) is 48.1 Å². The van der Waals surface area contributed by atoms with E-state index in [0.29, 0.717) is 0 Å². The van der Waals surface area contributed by atoms with Crippen LogP contribution in [0.15, 0.2) is 5.10 Å². The first-order valence-corrected chi connectivity index (χ1v) is 6.27. The van der Waals surface area contributed by atoms with Gasteiger partial charge in [-0.25, -0.2) is 0 Å². The molecule has 0 spiro atoms. The number of alkyl halides is 3. The molecule has 0 bridgehead atoms. The van der Waals surface area contributed by atoms with Gasteiger partial charge in [-0.3, -0.25) is 5.01 Å². The molecule has 0 aromatic heterocycles. The minimum atomic E-state index is -1.33. The van der Waals surface area contributed by atoms with Gasteiger partial charge in [-0.2, -0.15) is 5.10 Å². The van der Waals surface area contributed by atoms with Crippen molar-refractivity contribution in [1.82, 2.24) is 9.91 Å². The number of unbranched alkanes of at least 4 members (excludes halogenated alkanes) is 1. The average molecular weight is 273 g/mol. The van der Waals surface area contributed by atoms with Crippen LogP contribution < -0.4 is 0 Å². The van der Waals surface area contributed by atoms with Crippen molar-refractivity contribution in [3.63, 3.8) is 0 Å². The Labute approximate surface area is 106 Å². The zero-order valence-electron chi connectivity index (χ0n) is 8.96. The summed E-state index contributed by atoms with van der Waals surface area (Å²) >= 11 is 17.9. The Morgan fingerprint density at radius 3 is 2.47 bits per heavy atom. The van der Waals surface area contributed by atoms with E-state index in [0.717, 1.165) is 25.9 Å². The van der Waals surface area contributed by atoms with Crippen LogP contribution in [-0.2, 0) is 0 Å². The Morgan fingerprint density at radius 2 is 2.00 bits per heavy atom. The molecule has 0 radical (unpaired) electrons. The molecule has 1 unspecified atom stereocenters. The summed E-state index contributed by atoms with van der Waals surface area (Å²) in [7, 11) is 0. The fraction of sp³-hybridized carbons (Fsp3) is 0.889. The third-order valence-corrected chi connectivity index (χ3v) is 2.93. The lowest BCUT2D eigenvalue weighted by Gasteiger charge is -2.34. The Kier molecular flexibility index (Phi) is 4.81. The van der Waals surface area contributed by atoms with Gasteiger partial charge in [0.15, 0.2) is 6.17 Å². The first-order valence-electron chi connectivity index (χ1n) is 5.14. The molecule has 88 valence electrons. The molecular formula is C9H16Cl3N3. The molecule has 1 atom stereocenters. The molecule has 0 saturated carbocycles. The molecule has 3 nitrogen and oxygen atoms in total. The lowest BCUT2D eigenvalue weighted by Crippen LogP contribution is -2.48. The summed E-state index contributed by atoms with van der Waals surface area (Å²) in [5.41, 5.74) is 0. The summed E-state index contributed by atoms with van der Waals surface area (Å²) < 4.78 is -1.33. The van der Waals surface area contributed by atoms with Gasteiger partial charge >= 0.3 is 0 Å². The van der Waals surface area contributed by atoms with Gasteiger partial charge in [-0.15, -0.1) is 0 Å². The van der Waals surface area contributed by atoms with E-state index >= 15 is 0 Å². The normalized spacial score (nSPS) is 21.5. The second-order valence-electron chi connectivity index (χ2n) is 3.49. The van der Waals surface area contributed by atoms with Gasteiger partial charge in [0, 0.05) is 13.1 Å². The molecule has 15 heavy (non-hydrogen) atoms. The van der Waals surface area contributed by atoms with E-state index in [2.05, 4.69) is 12.0 Å². The number of rotatable bonds is 4. The topological polar surface area (TPSA) is 18.8 Å². The van der Waals surface area contributed by atoms with E-state index in [9.17, 15) is 0 Å². The maximum absolute atomic E-state index is 5.95. The first-order chi connectivity index (χ1) is 7.00. The number of hydrogen-bond acceptors (Lipinski definition) is 3. The van der Waals surface area contributed by atoms with Crippen LogP contribution >= 0.6 is 34.8 Å². The van der Waals surface area contributed by atoms with E-state index in [1.54, 1.807) is 6.34 Å². The second kappa shape index (κ2) is 5.46. The average Bonchev–Trinajstić information content (AvgIpc) is 2.56. The van der Waals surface area contributed by atoms with Crippen LogP contribution in [0, 0.1) is 0 Å². The molecule has 0 saturated heterocycles. The van der Waals surface area contributed by atoms with E-state index < -0.39 is 3.79 Å². The van der Waals surface area contributed by atoms with Crippen molar-refractivity contribution in [3.8, 4) is 0 Å². The second-order valence-corrected chi connectivity index (χ2v) is 5.86. The highest BCUT2D eigenvalue weighted by Gasteiger charge is 2.42. The van der Waals surface area contributed by atoms with Crippen molar-refractivity contribution < 1.29 is 0 Å². The van der Waals surface area contributed by atoms with Crippen molar-refractivity contribution in [2.24, 2.45) is 5.10 Å². The molecule has 0 amide bonds. The number of nitrogens with zero attached hydrogens (tertiary/aromatic N) is 3. The fourth-order valence-electron chi connectivity index (χ4n) is 1.54. The Bertz CT molecular complexity index is 227. The smallest absolute Gasteiger partial charge is 0.230 e. The highest BCUT2D eigenvalue weighted by Crippen LogP contribution is 2.37. The zero-order valence-corrected chi connectivity index (χ0v) is 11.2. The molecule has 1 rings (SSSR count). The molecule has 0 N–H and O–H groups in total. The van der Waals surface area contributed by atoms with Crippen molar-refractivity contribution in [3.05, 3.63) is 0 Å². The van der Waals surface area contributed by atoms with Gasteiger partial charge in [0.2, 0.25) is 3.79 Å². The number of hydrogen-bond donors (Lipinski definition) is 0. The molecular weight excluding hydrogens is 256 g/mol. The van der Waals surface area contributed by atoms with Crippen molar-refractivity contribution >= 4 is 41.1 Å². The standard InChI is InChI=1S/C9H16Cl3N3/c1-3-5-6-15-8(9(10,11)12)14(4-2)7-13-15/h7-8H,3-6H2,1-2H3. The van der Waals surface area contributed by atoms with Crippen molar-refractivity contribution in [1.29, 1.82) is 0 Å². The SMILES string of the molecule is CCCCN1N=CN(CC)C1C(Cl)(Cl)Cl. The van der Waals surface area contributed by atoms with Crippen LogP contribution in [0.2, 0.25) is 0 Å². The Hall–Kier alpha value is 0.140. The first kappa shape index (κ1) is 13.2. The maximum Gasteiger partial charge on any atom is 0.230 e. The lowest BCUT2D eigenvalue weighted by atomic mass is 10.3.